The molecule has 0 aliphatic carbocycles. The number of likely N-dealkylation sites (N-methyl/N-ethyl adjacent to an activating group) is 1. The summed E-state index contributed by atoms with van der Waals surface area (Å²) in [7, 11) is 2.11. The summed E-state index contributed by atoms with van der Waals surface area (Å²) in [4.78, 5) is 2.28. The van der Waals surface area contributed by atoms with Crippen molar-refractivity contribution in [3.8, 4) is 0 Å². The van der Waals surface area contributed by atoms with Crippen LogP contribution in [0.15, 0.2) is 0 Å². The second-order valence-corrected chi connectivity index (χ2v) is 3.98. The maximum absolute atomic E-state index is 6.19. The first kappa shape index (κ1) is 7.53. The maximum atomic E-state index is 6.19. The van der Waals surface area contributed by atoms with Gasteiger partial charge in [-0.3, -0.25) is 4.90 Å². The number of piperidine rings is 1. The molecule has 11 heavy (non-hydrogen) atoms. The fourth-order valence-corrected chi connectivity index (χ4v) is 2.51. The van der Waals surface area contributed by atoms with Gasteiger partial charge >= 0.3 is 0 Å². The van der Waals surface area contributed by atoms with Crippen LogP contribution in [0.1, 0.15) is 25.7 Å². The van der Waals surface area contributed by atoms with Gasteiger partial charge in [0.25, 0.3) is 0 Å². The molecule has 3 atom stereocenters. The zero-order chi connectivity index (χ0) is 8.06. The van der Waals surface area contributed by atoms with Crippen molar-refractivity contribution < 1.29 is 0 Å². The standard InChI is InChI=1S/C8H17N3/c1-11-6-2-3-7(9)8(11,10)5-4-6/h6-7H,2-5,9-10H2,1H3/t6-,7?,8-/m1/s1. The fourth-order valence-electron chi connectivity index (χ4n) is 2.51. The molecule has 0 aromatic rings. The van der Waals surface area contributed by atoms with E-state index in [1.54, 1.807) is 0 Å². The van der Waals surface area contributed by atoms with Gasteiger partial charge in [0.15, 0.2) is 0 Å². The van der Waals surface area contributed by atoms with Gasteiger partial charge in [-0.15, -0.1) is 0 Å². The van der Waals surface area contributed by atoms with Gasteiger partial charge in [-0.05, 0) is 32.7 Å². The highest BCUT2D eigenvalue weighted by Gasteiger charge is 2.48. The van der Waals surface area contributed by atoms with E-state index >= 15 is 0 Å². The summed E-state index contributed by atoms with van der Waals surface area (Å²) in [6, 6.07) is 0.894. The third-order valence-electron chi connectivity index (χ3n) is 3.54. The van der Waals surface area contributed by atoms with Crippen molar-refractivity contribution in [1.82, 2.24) is 4.90 Å². The summed E-state index contributed by atoms with van der Waals surface area (Å²) < 4.78 is 0. The van der Waals surface area contributed by atoms with Crippen LogP contribution in [0, 0.1) is 0 Å². The summed E-state index contributed by atoms with van der Waals surface area (Å²) in [5.74, 6) is 0. The molecular formula is C8H17N3. The molecule has 0 spiro atoms. The van der Waals surface area contributed by atoms with Crippen LogP contribution in [0.4, 0.5) is 0 Å². The fraction of sp³-hybridized carbons (Fsp3) is 1.00. The Hall–Kier alpha value is -0.120. The van der Waals surface area contributed by atoms with E-state index in [9.17, 15) is 0 Å². The number of fused-ring (bicyclic) bond motifs is 2. The molecule has 0 amide bonds. The first-order valence-corrected chi connectivity index (χ1v) is 4.42. The number of hydrogen-bond acceptors (Lipinski definition) is 3. The number of hydrogen-bond donors (Lipinski definition) is 2. The van der Waals surface area contributed by atoms with Crippen molar-refractivity contribution in [2.45, 2.75) is 43.4 Å². The van der Waals surface area contributed by atoms with Crippen LogP contribution in [0.3, 0.4) is 0 Å². The molecule has 1 unspecified atom stereocenters. The quantitative estimate of drug-likeness (QED) is 0.512. The molecule has 0 aromatic carbocycles. The van der Waals surface area contributed by atoms with E-state index in [0.717, 1.165) is 12.8 Å². The zero-order valence-electron chi connectivity index (χ0n) is 7.09. The third kappa shape index (κ3) is 0.849. The molecule has 0 radical (unpaired) electrons. The largest absolute Gasteiger partial charge is 0.325 e. The van der Waals surface area contributed by atoms with Crippen molar-refractivity contribution in [3.63, 3.8) is 0 Å². The lowest BCUT2D eigenvalue weighted by atomic mass is 9.93. The molecule has 0 saturated carbocycles. The van der Waals surface area contributed by atoms with Crippen LogP contribution in [-0.2, 0) is 0 Å². The van der Waals surface area contributed by atoms with E-state index in [1.165, 1.54) is 12.8 Å². The average molecular weight is 155 g/mol. The zero-order valence-corrected chi connectivity index (χ0v) is 7.09. The van der Waals surface area contributed by atoms with Crippen LogP contribution in [0.25, 0.3) is 0 Å². The SMILES string of the molecule is CN1[C@@H]2CCC(N)[C@@]1(N)CC2. The third-order valence-corrected chi connectivity index (χ3v) is 3.54. The molecule has 2 aliphatic rings. The lowest BCUT2D eigenvalue weighted by molar-refractivity contribution is 0.0670. The predicted octanol–water partition coefficient (Wildman–Crippen LogP) is -0.143. The Morgan fingerprint density at radius 1 is 1.36 bits per heavy atom. The summed E-state index contributed by atoms with van der Waals surface area (Å²) in [6.45, 7) is 0. The van der Waals surface area contributed by atoms with Crippen LogP contribution >= 0.6 is 0 Å². The molecule has 2 rings (SSSR count). The monoisotopic (exact) mass is 155 g/mol. The van der Waals surface area contributed by atoms with Gasteiger partial charge in [0.2, 0.25) is 0 Å². The van der Waals surface area contributed by atoms with Gasteiger partial charge in [-0.1, -0.05) is 0 Å². The summed E-state index contributed by atoms with van der Waals surface area (Å²) >= 11 is 0. The van der Waals surface area contributed by atoms with Gasteiger partial charge < -0.3 is 11.5 Å². The van der Waals surface area contributed by atoms with Crippen LogP contribution < -0.4 is 11.5 Å². The molecule has 2 fully saturated rings. The van der Waals surface area contributed by atoms with Gasteiger partial charge in [-0.25, -0.2) is 0 Å². The molecule has 2 aliphatic heterocycles. The Morgan fingerprint density at radius 2 is 2.09 bits per heavy atom. The molecule has 2 bridgehead atoms. The summed E-state index contributed by atoms with van der Waals surface area (Å²) in [6.07, 6.45) is 4.65. The first-order valence-electron chi connectivity index (χ1n) is 4.42. The smallest absolute Gasteiger partial charge is 0.0843 e. The highest BCUT2D eigenvalue weighted by atomic mass is 15.3. The van der Waals surface area contributed by atoms with Crippen molar-refractivity contribution in [2.24, 2.45) is 11.5 Å². The second kappa shape index (κ2) is 2.19. The Labute approximate surface area is 67.7 Å². The van der Waals surface area contributed by atoms with Gasteiger partial charge in [0.05, 0.1) is 5.66 Å². The van der Waals surface area contributed by atoms with Gasteiger partial charge in [-0.2, -0.15) is 0 Å². The minimum atomic E-state index is -0.178. The Morgan fingerprint density at radius 3 is 2.73 bits per heavy atom. The number of nitrogens with zero attached hydrogens (tertiary/aromatic N) is 1. The normalized spacial score (nSPS) is 51.5. The molecule has 3 nitrogen and oxygen atoms in total. The number of nitrogens with two attached hydrogens (primary N) is 2. The topological polar surface area (TPSA) is 55.3 Å². The lowest BCUT2D eigenvalue weighted by Crippen LogP contribution is -2.65. The van der Waals surface area contributed by atoms with Crippen molar-refractivity contribution in [2.75, 3.05) is 7.05 Å². The summed E-state index contributed by atoms with van der Waals surface area (Å²) in [5, 5.41) is 0. The van der Waals surface area contributed by atoms with Gasteiger partial charge in [0.1, 0.15) is 0 Å². The van der Waals surface area contributed by atoms with Crippen LogP contribution in [-0.4, -0.2) is 29.7 Å². The van der Waals surface area contributed by atoms with E-state index in [1.807, 2.05) is 0 Å². The Kier molecular flexibility index (Phi) is 1.50. The molecule has 2 saturated heterocycles. The highest BCUT2D eigenvalue weighted by molar-refractivity contribution is 5.05. The molecule has 3 heteroatoms. The van der Waals surface area contributed by atoms with Gasteiger partial charge in [0, 0.05) is 12.1 Å². The van der Waals surface area contributed by atoms with E-state index in [2.05, 4.69) is 11.9 Å². The van der Waals surface area contributed by atoms with E-state index in [0.29, 0.717) is 6.04 Å². The minimum Gasteiger partial charge on any atom is -0.325 e. The van der Waals surface area contributed by atoms with Crippen molar-refractivity contribution in [1.29, 1.82) is 0 Å². The van der Waals surface area contributed by atoms with E-state index < -0.39 is 0 Å². The first-order chi connectivity index (χ1) is 5.14. The predicted molar refractivity (Wildman–Crippen MR) is 44.9 cm³/mol. The molecule has 2 heterocycles. The number of rotatable bonds is 0. The van der Waals surface area contributed by atoms with E-state index in [4.69, 9.17) is 11.5 Å². The molecule has 4 N–H and O–H groups in total. The second-order valence-electron chi connectivity index (χ2n) is 3.98. The molecule has 64 valence electrons. The average Bonchev–Trinajstić information content (AvgIpc) is 2.16. The van der Waals surface area contributed by atoms with Crippen molar-refractivity contribution >= 4 is 0 Å². The molecule has 0 aromatic heterocycles. The lowest BCUT2D eigenvalue weighted by Gasteiger charge is -2.44. The van der Waals surface area contributed by atoms with Crippen molar-refractivity contribution in [3.05, 3.63) is 0 Å². The Bertz CT molecular complexity index is 169. The minimum absolute atomic E-state index is 0.178. The van der Waals surface area contributed by atoms with Crippen LogP contribution in [0.5, 0.6) is 0 Å². The van der Waals surface area contributed by atoms with E-state index in [-0.39, 0.29) is 11.7 Å². The highest BCUT2D eigenvalue weighted by Crippen LogP contribution is 2.38. The maximum Gasteiger partial charge on any atom is 0.0843 e. The summed E-state index contributed by atoms with van der Waals surface area (Å²) in [5.41, 5.74) is 12.0. The van der Waals surface area contributed by atoms with Crippen LogP contribution in [0.2, 0.25) is 0 Å². The Balaban J connectivity index is 2.26. The molecular weight excluding hydrogens is 138 g/mol.